The molecule has 6 heteroatoms. The fraction of sp³-hybridized carbons (Fsp3) is 0.0769. The molecule has 0 heterocycles. The predicted molar refractivity (Wildman–Crippen MR) is 77.9 cm³/mol. The highest BCUT2D eigenvalue weighted by atomic mass is 35.5. The number of nitrogens with two attached hydrogens (primary N) is 1. The molecule has 0 spiro atoms. The number of hydrogen-bond acceptors (Lipinski definition) is 3. The zero-order valence-electron chi connectivity index (χ0n) is 10.2. The Morgan fingerprint density at radius 2 is 1.84 bits per heavy atom. The third-order valence-electron chi connectivity index (χ3n) is 2.63. The van der Waals surface area contributed by atoms with Gasteiger partial charge in [0.05, 0.1) is 11.4 Å². The first-order chi connectivity index (χ1) is 8.90. The monoisotopic (exact) mass is 296 g/mol. The van der Waals surface area contributed by atoms with E-state index in [-0.39, 0.29) is 10.6 Å². The lowest BCUT2D eigenvalue weighted by atomic mass is 10.2. The van der Waals surface area contributed by atoms with E-state index in [1.165, 1.54) is 12.1 Å². The van der Waals surface area contributed by atoms with Crippen LogP contribution in [-0.4, -0.2) is 8.42 Å². The molecular weight excluding hydrogens is 284 g/mol. The van der Waals surface area contributed by atoms with Gasteiger partial charge in [-0.1, -0.05) is 29.8 Å². The third kappa shape index (κ3) is 3.00. The second kappa shape index (κ2) is 5.11. The molecule has 0 aliphatic heterocycles. The van der Waals surface area contributed by atoms with Gasteiger partial charge < -0.3 is 5.73 Å². The molecule has 0 fully saturated rings. The number of anilines is 2. The van der Waals surface area contributed by atoms with Gasteiger partial charge in [0.2, 0.25) is 0 Å². The highest BCUT2D eigenvalue weighted by Gasteiger charge is 2.17. The lowest BCUT2D eigenvalue weighted by molar-refractivity contribution is 0.601. The SMILES string of the molecule is Cc1ccc(NS(=O)(=O)c2ccccc2N)cc1Cl. The number of aryl methyl sites for hydroxylation is 1. The lowest BCUT2D eigenvalue weighted by Gasteiger charge is -2.10. The Bertz CT molecular complexity index is 714. The Morgan fingerprint density at radius 3 is 2.47 bits per heavy atom. The normalized spacial score (nSPS) is 11.3. The molecule has 0 aliphatic rings. The van der Waals surface area contributed by atoms with Gasteiger partial charge in [-0.2, -0.15) is 0 Å². The number of halogens is 1. The summed E-state index contributed by atoms with van der Waals surface area (Å²) in [5.41, 5.74) is 7.15. The van der Waals surface area contributed by atoms with E-state index in [0.717, 1.165) is 5.56 Å². The standard InChI is InChI=1S/C13H13ClN2O2S/c1-9-6-7-10(8-11(9)14)16-19(17,18)13-5-3-2-4-12(13)15/h2-8,16H,15H2,1H3. The predicted octanol–water partition coefficient (Wildman–Crippen LogP) is 3.03. The van der Waals surface area contributed by atoms with Crippen LogP contribution in [0.25, 0.3) is 0 Å². The maximum Gasteiger partial charge on any atom is 0.263 e. The van der Waals surface area contributed by atoms with Crippen LogP contribution in [0, 0.1) is 6.92 Å². The number of para-hydroxylation sites is 1. The first kappa shape index (κ1) is 13.7. The fourth-order valence-corrected chi connectivity index (χ4v) is 2.96. The van der Waals surface area contributed by atoms with Crippen LogP contribution in [0.2, 0.25) is 5.02 Å². The summed E-state index contributed by atoms with van der Waals surface area (Å²) in [6.07, 6.45) is 0. The van der Waals surface area contributed by atoms with Gasteiger partial charge >= 0.3 is 0 Å². The molecule has 19 heavy (non-hydrogen) atoms. The minimum absolute atomic E-state index is 0.0479. The Balaban J connectivity index is 2.37. The Labute approximate surface area is 117 Å². The van der Waals surface area contributed by atoms with Gasteiger partial charge in [0.25, 0.3) is 10.0 Å². The highest BCUT2D eigenvalue weighted by Crippen LogP contribution is 2.24. The van der Waals surface area contributed by atoms with Gasteiger partial charge in [-0.15, -0.1) is 0 Å². The van der Waals surface area contributed by atoms with Crippen LogP contribution in [0.5, 0.6) is 0 Å². The molecule has 2 aromatic carbocycles. The zero-order valence-corrected chi connectivity index (χ0v) is 11.8. The molecule has 0 amide bonds. The molecule has 2 rings (SSSR count). The van der Waals surface area contributed by atoms with E-state index in [1.807, 2.05) is 6.92 Å². The van der Waals surface area contributed by atoms with Gasteiger partial charge in [0, 0.05) is 5.02 Å². The second-order valence-electron chi connectivity index (χ2n) is 4.11. The van der Waals surface area contributed by atoms with E-state index in [1.54, 1.807) is 30.3 Å². The van der Waals surface area contributed by atoms with Crippen molar-refractivity contribution in [3.63, 3.8) is 0 Å². The van der Waals surface area contributed by atoms with E-state index in [9.17, 15) is 8.42 Å². The molecular formula is C13H13ClN2O2S. The highest BCUT2D eigenvalue weighted by molar-refractivity contribution is 7.92. The quantitative estimate of drug-likeness (QED) is 0.855. The van der Waals surface area contributed by atoms with Crippen molar-refractivity contribution in [1.82, 2.24) is 0 Å². The van der Waals surface area contributed by atoms with Crippen molar-refractivity contribution in [2.45, 2.75) is 11.8 Å². The van der Waals surface area contributed by atoms with E-state index >= 15 is 0 Å². The molecule has 3 N–H and O–H groups in total. The molecule has 0 unspecified atom stereocenters. The molecule has 4 nitrogen and oxygen atoms in total. The number of sulfonamides is 1. The second-order valence-corrected chi connectivity index (χ2v) is 6.17. The lowest BCUT2D eigenvalue weighted by Crippen LogP contribution is -2.14. The summed E-state index contributed by atoms with van der Waals surface area (Å²) >= 11 is 5.96. The van der Waals surface area contributed by atoms with Crippen LogP contribution >= 0.6 is 11.6 Å². The minimum Gasteiger partial charge on any atom is -0.398 e. The molecule has 0 saturated heterocycles. The molecule has 0 radical (unpaired) electrons. The summed E-state index contributed by atoms with van der Waals surface area (Å²) < 4.78 is 26.8. The van der Waals surface area contributed by atoms with Crippen molar-refractivity contribution in [3.05, 3.63) is 53.1 Å². The number of nitrogen functional groups attached to an aromatic ring is 1. The summed E-state index contributed by atoms with van der Waals surface area (Å²) in [5.74, 6) is 0. The van der Waals surface area contributed by atoms with Gasteiger partial charge in [0.15, 0.2) is 0 Å². The van der Waals surface area contributed by atoms with E-state index < -0.39 is 10.0 Å². The average molecular weight is 297 g/mol. The molecule has 0 aromatic heterocycles. The maximum absolute atomic E-state index is 12.2. The molecule has 0 atom stereocenters. The van der Waals surface area contributed by atoms with Gasteiger partial charge in [-0.25, -0.2) is 8.42 Å². The third-order valence-corrected chi connectivity index (χ3v) is 4.50. The number of rotatable bonds is 3. The summed E-state index contributed by atoms with van der Waals surface area (Å²) in [4.78, 5) is 0.0479. The molecule has 0 saturated carbocycles. The summed E-state index contributed by atoms with van der Waals surface area (Å²) in [5, 5.41) is 0.501. The van der Waals surface area contributed by atoms with Crippen molar-refractivity contribution in [2.24, 2.45) is 0 Å². The molecule has 100 valence electrons. The largest absolute Gasteiger partial charge is 0.398 e. The minimum atomic E-state index is -3.71. The summed E-state index contributed by atoms with van der Waals surface area (Å²) in [7, 11) is -3.71. The van der Waals surface area contributed by atoms with Crippen molar-refractivity contribution in [1.29, 1.82) is 0 Å². The number of nitrogens with one attached hydrogen (secondary N) is 1. The number of hydrogen-bond donors (Lipinski definition) is 2. The van der Waals surface area contributed by atoms with Crippen molar-refractivity contribution >= 4 is 33.0 Å². The van der Waals surface area contributed by atoms with Gasteiger partial charge in [0.1, 0.15) is 4.90 Å². The fourth-order valence-electron chi connectivity index (χ4n) is 1.59. The molecule has 0 aliphatic carbocycles. The first-order valence-electron chi connectivity index (χ1n) is 5.53. The topological polar surface area (TPSA) is 72.2 Å². The van der Waals surface area contributed by atoms with Crippen LogP contribution in [0.3, 0.4) is 0 Å². The van der Waals surface area contributed by atoms with Crippen LogP contribution in [0.15, 0.2) is 47.4 Å². The van der Waals surface area contributed by atoms with Crippen LogP contribution < -0.4 is 10.5 Å². The summed E-state index contributed by atoms with van der Waals surface area (Å²) in [6, 6.07) is 11.2. The van der Waals surface area contributed by atoms with E-state index in [4.69, 9.17) is 17.3 Å². The van der Waals surface area contributed by atoms with E-state index in [2.05, 4.69) is 4.72 Å². The van der Waals surface area contributed by atoms with Crippen LogP contribution in [-0.2, 0) is 10.0 Å². The van der Waals surface area contributed by atoms with Gasteiger partial charge in [-0.3, -0.25) is 4.72 Å². The van der Waals surface area contributed by atoms with Crippen molar-refractivity contribution in [2.75, 3.05) is 10.5 Å². The van der Waals surface area contributed by atoms with Crippen LogP contribution in [0.4, 0.5) is 11.4 Å². The molecule has 0 bridgehead atoms. The maximum atomic E-state index is 12.2. The summed E-state index contributed by atoms with van der Waals surface area (Å²) in [6.45, 7) is 1.84. The van der Waals surface area contributed by atoms with Crippen molar-refractivity contribution < 1.29 is 8.42 Å². The van der Waals surface area contributed by atoms with E-state index in [0.29, 0.717) is 10.7 Å². The van der Waals surface area contributed by atoms with Gasteiger partial charge in [-0.05, 0) is 36.8 Å². The first-order valence-corrected chi connectivity index (χ1v) is 7.40. The average Bonchev–Trinajstić information content (AvgIpc) is 2.34. The Kier molecular flexibility index (Phi) is 3.68. The number of benzene rings is 2. The smallest absolute Gasteiger partial charge is 0.263 e. The Morgan fingerprint density at radius 1 is 1.16 bits per heavy atom. The van der Waals surface area contributed by atoms with Crippen molar-refractivity contribution in [3.8, 4) is 0 Å². The van der Waals surface area contributed by atoms with Crippen LogP contribution in [0.1, 0.15) is 5.56 Å². The Hall–Kier alpha value is -1.72. The molecule has 2 aromatic rings. The zero-order chi connectivity index (χ0) is 14.0.